The summed E-state index contributed by atoms with van der Waals surface area (Å²) in [5.41, 5.74) is 6.50. The van der Waals surface area contributed by atoms with E-state index in [0.29, 0.717) is 23.6 Å². The zero-order valence-corrected chi connectivity index (χ0v) is 9.15. The van der Waals surface area contributed by atoms with Crippen LogP contribution in [-0.4, -0.2) is 23.0 Å². The lowest BCUT2D eigenvalue weighted by molar-refractivity contribution is 0.0598. The summed E-state index contributed by atoms with van der Waals surface area (Å²) in [5.74, 6) is 0.145. The summed E-state index contributed by atoms with van der Waals surface area (Å²) in [6.07, 6.45) is 2.09. The van der Waals surface area contributed by atoms with E-state index in [9.17, 15) is 4.79 Å². The van der Waals surface area contributed by atoms with Gasteiger partial charge in [-0.05, 0) is 12.3 Å². The van der Waals surface area contributed by atoms with E-state index in [0.717, 1.165) is 0 Å². The zero-order chi connectivity index (χ0) is 11.4. The van der Waals surface area contributed by atoms with Gasteiger partial charge in [0.05, 0.1) is 18.4 Å². The highest BCUT2D eigenvalue weighted by Crippen LogP contribution is 2.12. The second-order valence-electron chi connectivity index (χ2n) is 3.68. The third-order valence-electron chi connectivity index (χ3n) is 1.89. The Morgan fingerprint density at radius 1 is 1.60 bits per heavy atom. The van der Waals surface area contributed by atoms with E-state index in [1.807, 2.05) is 13.8 Å². The summed E-state index contributed by atoms with van der Waals surface area (Å²) in [7, 11) is 1.33. The summed E-state index contributed by atoms with van der Waals surface area (Å²) in [6, 6.07) is 0. The van der Waals surface area contributed by atoms with Crippen LogP contribution >= 0.6 is 0 Å². The van der Waals surface area contributed by atoms with Gasteiger partial charge in [0.15, 0.2) is 0 Å². The van der Waals surface area contributed by atoms with Gasteiger partial charge in [-0.15, -0.1) is 0 Å². The van der Waals surface area contributed by atoms with Gasteiger partial charge < -0.3 is 10.5 Å². The fourth-order valence-corrected chi connectivity index (χ4v) is 1.26. The number of hydrogen-bond acceptors (Lipinski definition) is 5. The molecule has 0 aliphatic carbocycles. The number of nitrogen functional groups attached to an aromatic ring is 1. The normalized spacial score (nSPS) is 10.4. The van der Waals surface area contributed by atoms with Crippen LogP contribution in [0.5, 0.6) is 0 Å². The van der Waals surface area contributed by atoms with Crippen molar-refractivity contribution in [3.63, 3.8) is 0 Å². The maximum Gasteiger partial charge on any atom is 0.341 e. The fraction of sp³-hybridized carbons (Fsp3) is 0.500. The molecule has 0 unspecified atom stereocenters. The molecule has 0 amide bonds. The Balaban J connectivity index is 3.08. The van der Waals surface area contributed by atoms with Crippen molar-refractivity contribution in [2.45, 2.75) is 20.3 Å². The second-order valence-corrected chi connectivity index (χ2v) is 3.68. The van der Waals surface area contributed by atoms with Crippen LogP contribution in [-0.2, 0) is 11.2 Å². The minimum absolute atomic E-state index is 0.179. The second kappa shape index (κ2) is 4.72. The van der Waals surface area contributed by atoms with E-state index >= 15 is 0 Å². The lowest BCUT2D eigenvalue weighted by Gasteiger charge is -2.08. The highest BCUT2D eigenvalue weighted by atomic mass is 16.5. The molecule has 5 heteroatoms. The number of carbonyl (C=O) groups excluding carboxylic acids is 1. The van der Waals surface area contributed by atoms with Crippen molar-refractivity contribution in [3.8, 4) is 0 Å². The molecular weight excluding hydrogens is 194 g/mol. The van der Waals surface area contributed by atoms with Gasteiger partial charge in [-0.3, -0.25) is 0 Å². The first-order valence-corrected chi connectivity index (χ1v) is 4.74. The quantitative estimate of drug-likeness (QED) is 0.752. The maximum absolute atomic E-state index is 11.4. The van der Waals surface area contributed by atoms with Gasteiger partial charge in [0.2, 0.25) is 5.95 Å². The van der Waals surface area contributed by atoms with Crippen molar-refractivity contribution in [2.24, 2.45) is 5.92 Å². The highest BCUT2D eigenvalue weighted by Gasteiger charge is 2.15. The van der Waals surface area contributed by atoms with Gasteiger partial charge in [-0.25, -0.2) is 14.8 Å². The van der Waals surface area contributed by atoms with Crippen LogP contribution < -0.4 is 5.73 Å². The van der Waals surface area contributed by atoms with Crippen LogP contribution in [0.15, 0.2) is 6.20 Å². The molecule has 1 aromatic heterocycles. The number of ether oxygens (including phenoxy) is 1. The number of carbonyl (C=O) groups is 1. The van der Waals surface area contributed by atoms with Gasteiger partial charge in [0, 0.05) is 6.20 Å². The van der Waals surface area contributed by atoms with Crippen LogP contribution in [0.25, 0.3) is 0 Å². The first-order valence-electron chi connectivity index (χ1n) is 4.74. The molecule has 0 aliphatic heterocycles. The molecule has 2 N–H and O–H groups in total. The van der Waals surface area contributed by atoms with E-state index in [2.05, 4.69) is 14.7 Å². The molecule has 0 aromatic carbocycles. The lowest BCUT2D eigenvalue weighted by Crippen LogP contribution is -2.12. The molecule has 1 rings (SSSR count). The van der Waals surface area contributed by atoms with Gasteiger partial charge in [-0.1, -0.05) is 13.8 Å². The van der Waals surface area contributed by atoms with Crippen LogP contribution in [0.3, 0.4) is 0 Å². The van der Waals surface area contributed by atoms with E-state index in [-0.39, 0.29) is 5.95 Å². The van der Waals surface area contributed by atoms with Crippen molar-refractivity contribution in [2.75, 3.05) is 12.8 Å². The van der Waals surface area contributed by atoms with Crippen molar-refractivity contribution in [3.05, 3.63) is 17.5 Å². The number of aromatic nitrogens is 2. The standard InChI is InChI=1S/C10H15N3O2/c1-6(2)4-8-7(9(14)15-3)5-12-10(11)13-8/h5-6H,4H2,1-3H3,(H2,11,12,13). The molecule has 0 spiro atoms. The minimum Gasteiger partial charge on any atom is -0.465 e. The first kappa shape index (κ1) is 11.4. The molecule has 1 heterocycles. The van der Waals surface area contributed by atoms with E-state index < -0.39 is 5.97 Å². The number of esters is 1. The number of nitrogens with zero attached hydrogens (tertiary/aromatic N) is 2. The molecule has 82 valence electrons. The number of rotatable bonds is 3. The van der Waals surface area contributed by atoms with Gasteiger partial charge >= 0.3 is 5.97 Å². The molecular formula is C10H15N3O2. The van der Waals surface area contributed by atoms with Crippen LogP contribution in [0.4, 0.5) is 5.95 Å². The molecule has 0 saturated heterocycles. The largest absolute Gasteiger partial charge is 0.465 e. The summed E-state index contributed by atoms with van der Waals surface area (Å²) < 4.78 is 4.64. The summed E-state index contributed by atoms with van der Waals surface area (Å²) in [4.78, 5) is 19.2. The Labute approximate surface area is 88.7 Å². The fourth-order valence-electron chi connectivity index (χ4n) is 1.26. The molecule has 0 aliphatic rings. The Morgan fingerprint density at radius 3 is 2.80 bits per heavy atom. The van der Waals surface area contributed by atoms with E-state index in [1.54, 1.807) is 0 Å². The van der Waals surface area contributed by atoms with Crippen molar-refractivity contribution in [1.29, 1.82) is 0 Å². The SMILES string of the molecule is COC(=O)c1cnc(N)nc1CC(C)C. The number of hydrogen-bond donors (Lipinski definition) is 1. The molecule has 1 aromatic rings. The Morgan fingerprint density at radius 2 is 2.27 bits per heavy atom. The number of methoxy groups -OCH3 is 1. The third kappa shape index (κ3) is 2.90. The summed E-state index contributed by atoms with van der Waals surface area (Å²) >= 11 is 0. The number of nitrogens with two attached hydrogens (primary N) is 1. The van der Waals surface area contributed by atoms with Crippen molar-refractivity contribution >= 4 is 11.9 Å². The maximum atomic E-state index is 11.4. The van der Waals surface area contributed by atoms with E-state index in [4.69, 9.17) is 5.73 Å². The molecule has 0 atom stereocenters. The predicted molar refractivity (Wildman–Crippen MR) is 56.3 cm³/mol. The molecule has 0 bridgehead atoms. The van der Waals surface area contributed by atoms with Crippen LogP contribution in [0, 0.1) is 5.92 Å². The summed E-state index contributed by atoms with van der Waals surface area (Å²) in [5, 5.41) is 0. The molecule has 0 saturated carbocycles. The average Bonchev–Trinajstić information content (AvgIpc) is 2.16. The monoisotopic (exact) mass is 209 g/mol. The molecule has 0 radical (unpaired) electrons. The Hall–Kier alpha value is -1.65. The lowest BCUT2D eigenvalue weighted by atomic mass is 10.0. The van der Waals surface area contributed by atoms with Crippen LogP contribution in [0.1, 0.15) is 29.9 Å². The van der Waals surface area contributed by atoms with Gasteiger partial charge in [0.25, 0.3) is 0 Å². The topological polar surface area (TPSA) is 78.1 Å². The van der Waals surface area contributed by atoms with Gasteiger partial charge in [-0.2, -0.15) is 0 Å². The first-order chi connectivity index (χ1) is 7.04. The smallest absolute Gasteiger partial charge is 0.341 e. The molecule has 0 fully saturated rings. The number of anilines is 1. The predicted octanol–water partition coefficient (Wildman–Crippen LogP) is 1.04. The minimum atomic E-state index is -0.425. The molecule has 15 heavy (non-hydrogen) atoms. The summed E-state index contributed by atoms with van der Waals surface area (Å²) in [6.45, 7) is 4.08. The average molecular weight is 209 g/mol. The molecule has 5 nitrogen and oxygen atoms in total. The van der Waals surface area contributed by atoms with Crippen molar-refractivity contribution in [1.82, 2.24) is 9.97 Å². The zero-order valence-electron chi connectivity index (χ0n) is 9.15. The Bertz CT molecular complexity index is 364. The third-order valence-corrected chi connectivity index (χ3v) is 1.89. The highest BCUT2D eigenvalue weighted by molar-refractivity contribution is 5.90. The van der Waals surface area contributed by atoms with Crippen molar-refractivity contribution < 1.29 is 9.53 Å². The van der Waals surface area contributed by atoms with Crippen LogP contribution in [0.2, 0.25) is 0 Å². The Kier molecular flexibility index (Phi) is 3.60. The van der Waals surface area contributed by atoms with Gasteiger partial charge in [0.1, 0.15) is 0 Å². The van der Waals surface area contributed by atoms with E-state index in [1.165, 1.54) is 13.3 Å².